The van der Waals surface area contributed by atoms with Crippen molar-refractivity contribution in [3.63, 3.8) is 0 Å². The minimum atomic E-state index is -0.809. The second kappa shape index (κ2) is 13.0. The SMILES string of the molecule is CCCC(Cc1c(OCOC)c(N)cc(OCOC)c1OC)OC(=O)c1cc(Cl)c(O)cc1O. The lowest BCUT2D eigenvalue weighted by atomic mass is 10.0. The highest BCUT2D eigenvalue weighted by Gasteiger charge is 2.26. The van der Waals surface area contributed by atoms with Gasteiger partial charge in [-0.3, -0.25) is 0 Å². The van der Waals surface area contributed by atoms with E-state index in [-0.39, 0.29) is 42.0 Å². The molecule has 34 heavy (non-hydrogen) atoms. The Balaban J connectivity index is 2.44. The van der Waals surface area contributed by atoms with Crippen molar-refractivity contribution in [1.82, 2.24) is 0 Å². The van der Waals surface area contributed by atoms with Crippen LogP contribution in [0, 0.1) is 0 Å². The zero-order chi connectivity index (χ0) is 25.3. The van der Waals surface area contributed by atoms with Gasteiger partial charge in [0.15, 0.2) is 30.8 Å². The predicted molar refractivity (Wildman–Crippen MR) is 125 cm³/mol. The summed E-state index contributed by atoms with van der Waals surface area (Å²) >= 11 is 5.89. The van der Waals surface area contributed by atoms with E-state index in [2.05, 4.69) is 0 Å². The summed E-state index contributed by atoms with van der Waals surface area (Å²) in [7, 11) is 4.42. The molecule has 4 N–H and O–H groups in total. The third-order valence-electron chi connectivity index (χ3n) is 4.78. The number of halogens is 1. The minimum absolute atomic E-state index is 0.0399. The fourth-order valence-electron chi connectivity index (χ4n) is 3.31. The van der Waals surface area contributed by atoms with Crippen LogP contribution in [-0.4, -0.2) is 57.2 Å². The molecule has 0 fully saturated rings. The Hall–Kier alpha value is -3.08. The lowest BCUT2D eigenvalue weighted by Gasteiger charge is -2.23. The normalized spacial score (nSPS) is 11.7. The van der Waals surface area contributed by atoms with Gasteiger partial charge in [-0.15, -0.1) is 0 Å². The highest BCUT2D eigenvalue weighted by atomic mass is 35.5. The van der Waals surface area contributed by atoms with Gasteiger partial charge in [-0.05, 0) is 12.5 Å². The van der Waals surface area contributed by atoms with Gasteiger partial charge in [0.25, 0.3) is 0 Å². The maximum Gasteiger partial charge on any atom is 0.342 e. The van der Waals surface area contributed by atoms with Crippen molar-refractivity contribution in [2.24, 2.45) is 0 Å². The summed E-state index contributed by atoms with van der Waals surface area (Å²) in [6, 6.07) is 3.66. The lowest BCUT2D eigenvalue weighted by Crippen LogP contribution is -2.22. The number of phenolic OH excluding ortho intramolecular Hbond substituents is 2. The average Bonchev–Trinajstić information content (AvgIpc) is 2.79. The molecule has 0 bridgehead atoms. The molecule has 0 saturated carbocycles. The number of nitrogens with two attached hydrogens (primary N) is 1. The third-order valence-corrected chi connectivity index (χ3v) is 5.08. The molecule has 1 atom stereocenters. The van der Waals surface area contributed by atoms with E-state index >= 15 is 0 Å². The average molecular weight is 500 g/mol. The number of carbonyl (C=O) groups is 1. The number of rotatable bonds is 13. The molecule has 0 amide bonds. The lowest BCUT2D eigenvalue weighted by molar-refractivity contribution is 0.0264. The summed E-state index contributed by atoms with van der Waals surface area (Å²) in [6.07, 6.45) is 0.670. The van der Waals surface area contributed by atoms with Crippen molar-refractivity contribution >= 4 is 23.3 Å². The van der Waals surface area contributed by atoms with Gasteiger partial charge in [0.1, 0.15) is 23.2 Å². The molecule has 11 heteroatoms. The van der Waals surface area contributed by atoms with Gasteiger partial charge in [-0.1, -0.05) is 24.9 Å². The quantitative estimate of drug-likeness (QED) is 0.211. The zero-order valence-electron chi connectivity index (χ0n) is 19.6. The molecule has 188 valence electrons. The molecule has 0 aromatic heterocycles. The van der Waals surface area contributed by atoms with Crippen LogP contribution in [0.5, 0.6) is 28.7 Å². The summed E-state index contributed by atoms with van der Waals surface area (Å²) in [5.41, 5.74) is 6.81. The summed E-state index contributed by atoms with van der Waals surface area (Å²) < 4.78 is 32.6. The van der Waals surface area contributed by atoms with Crippen LogP contribution in [0.2, 0.25) is 5.02 Å². The van der Waals surface area contributed by atoms with Crippen LogP contribution < -0.4 is 19.9 Å². The van der Waals surface area contributed by atoms with E-state index in [1.165, 1.54) is 21.3 Å². The molecule has 0 radical (unpaired) electrons. The van der Waals surface area contributed by atoms with Crippen LogP contribution in [0.15, 0.2) is 18.2 Å². The first-order valence-corrected chi connectivity index (χ1v) is 10.8. The van der Waals surface area contributed by atoms with Crippen molar-refractivity contribution < 1.29 is 43.4 Å². The van der Waals surface area contributed by atoms with Crippen molar-refractivity contribution in [3.8, 4) is 28.7 Å². The Morgan fingerprint density at radius 1 is 1.03 bits per heavy atom. The van der Waals surface area contributed by atoms with Gasteiger partial charge < -0.3 is 44.4 Å². The van der Waals surface area contributed by atoms with Crippen LogP contribution in [0.25, 0.3) is 0 Å². The molecule has 0 heterocycles. The number of nitrogen functional groups attached to an aromatic ring is 1. The van der Waals surface area contributed by atoms with Gasteiger partial charge in [-0.25, -0.2) is 4.79 Å². The summed E-state index contributed by atoms with van der Waals surface area (Å²) in [4.78, 5) is 12.8. The monoisotopic (exact) mass is 499 g/mol. The number of carbonyl (C=O) groups excluding carboxylic acids is 1. The van der Waals surface area contributed by atoms with E-state index < -0.39 is 17.8 Å². The number of hydrogen-bond donors (Lipinski definition) is 3. The number of anilines is 1. The molecule has 10 nitrogen and oxygen atoms in total. The largest absolute Gasteiger partial charge is 0.507 e. The first kappa shape index (κ1) is 27.2. The Morgan fingerprint density at radius 2 is 1.71 bits per heavy atom. The second-order valence-corrected chi connectivity index (χ2v) is 7.65. The van der Waals surface area contributed by atoms with Crippen molar-refractivity contribution in [1.29, 1.82) is 0 Å². The third kappa shape index (κ3) is 6.72. The topological polar surface area (TPSA) is 139 Å². The van der Waals surface area contributed by atoms with E-state index in [9.17, 15) is 15.0 Å². The molecular formula is C23H30ClNO9. The van der Waals surface area contributed by atoms with Gasteiger partial charge in [0.2, 0.25) is 0 Å². The van der Waals surface area contributed by atoms with Gasteiger partial charge in [0, 0.05) is 38.3 Å². The Labute approximate surface area is 203 Å². The van der Waals surface area contributed by atoms with Gasteiger partial charge in [0.05, 0.1) is 17.8 Å². The standard InChI is InChI=1S/C23H30ClNO9/c1-5-6-13(34-23(28)14-8-16(24)19(27)10-18(14)26)7-15-21(33-12-30-3)17(25)9-20(22(15)31-4)32-11-29-2/h8-10,13,26-27H,5-7,11-12,25H2,1-4H3. The summed E-state index contributed by atoms with van der Waals surface area (Å²) in [5, 5.41) is 19.6. The fraction of sp³-hybridized carbons (Fsp3) is 0.435. The van der Waals surface area contributed by atoms with Crippen LogP contribution in [0.1, 0.15) is 35.7 Å². The number of esters is 1. The molecular weight excluding hydrogens is 470 g/mol. The number of aromatic hydroxyl groups is 2. The maximum absolute atomic E-state index is 12.8. The molecule has 2 aromatic rings. The number of hydrogen-bond acceptors (Lipinski definition) is 10. The number of benzene rings is 2. The first-order valence-electron chi connectivity index (χ1n) is 10.4. The first-order chi connectivity index (χ1) is 16.3. The summed E-state index contributed by atoms with van der Waals surface area (Å²) in [6.45, 7) is 1.82. The number of ether oxygens (including phenoxy) is 6. The van der Waals surface area contributed by atoms with E-state index in [0.717, 1.165) is 12.1 Å². The smallest absolute Gasteiger partial charge is 0.342 e. The maximum atomic E-state index is 12.8. The fourth-order valence-corrected chi connectivity index (χ4v) is 3.47. The van der Waals surface area contributed by atoms with E-state index in [0.29, 0.717) is 35.7 Å². The molecule has 0 aliphatic rings. The molecule has 2 rings (SSSR count). The van der Waals surface area contributed by atoms with Gasteiger partial charge in [-0.2, -0.15) is 0 Å². The molecule has 0 aliphatic heterocycles. The van der Waals surface area contributed by atoms with E-state index in [4.69, 9.17) is 45.8 Å². The number of phenols is 2. The zero-order valence-corrected chi connectivity index (χ0v) is 20.3. The predicted octanol–water partition coefficient (Wildman–Crippen LogP) is 3.88. The molecule has 0 aliphatic carbocycles. The highest BCUT2D eigenvalue weighted by molar-refractivity contribution is 6.32. The van der Waals surface area contributed by atoms with Crippen molar-refractivity contribution in [3.05, 3.63) is 34.3 Å². The molecule has 1 unspecified atom stereocenters. The van der Waals surface area contributed by atoms with Crippen molar-refractivity contribution in [2.75, 3.05) is 40.6 Å². The van der Waals surface area contributed by atoms with Gasteiger partial charge >= 0.3 is 5.97 Å². The Morgan fingerprint density at radius 3 is 2.32 bits per heavy atom. The molecule has 0 spiro atoms. The van der Waals surface area contributed by atoms with Crippen LogP contribution in [0.4, 0.5) is 5.69 Å². The van der Waals surface area contributed by atoms with E-state index in [1.807, 2.05) is 6.92 Å². The minimum Gasteiger partial charge on any atom is -0.507 e. The molecule has 0 saturated heterocycles. The summed E-state index contributed by atoms with van der Waals surface area (Å²) in [5.74, 6) is -0.653. The van der Waals surface area contributed by atoms with E-state index in [1.54, 1.807) is 6.07 Å². The van der Waals surface area contributed by atoms with Crippen LogP contribution >= 0.6 is 11.6 Å². The Kier molecular flexibility index (Phi) is 10.4. The van der Waals surface area contributed by atoms with Crippen LogP contribution in [0.3, 0.4) is 0 Å². The number of methoxy groups -OCH3 is 3. The van der Waals surface area contributed by atoms with Crippen LogP contribution in [-0.2, 0) is 20.6 Å². The Bertz CT molecular complexity index is 984. The van der Waals surface area contributed by atoms with Crippen molar-refractivity contribution in [2.45, 2.75) is 32.3 Å². The highest BCUT2D eigenvalue weighted by Crippen LogP contribution is 2.43. The second-order valence-electron chi connectivity index (χ2n) is 7.25. The molecule has 2 aromatic carbocycles.